The van der Waals surface area contributed by atoms with E-state index in [0.29, 0.717) is 25.7 Å². The third-order valence-electron chi connectivity index (χ3n) is 4.73. The van der Waals surface area contributed by atoms with Crippen molar-refractivity contribution in [1.29, 1.82) is 0 Å². The van der Waals surface area contributed by atoms with E-state index in [1.54, 1.807) is 0 Å². The summed E-state index contributed by atoms with van der Waals surface area (Å²) < 4.78 is 0. The molecule has 0 heterocycles. The summed E-state index contributed by atoms with van der Waals surface area (Å²) in [5.41, 5.74) is 5.67. The highest BCUT2D eigenvalue weighted by Gasteiger charge is 2.35. The van der Waals surface area contributed by atoms with E-state index in [-0.39, 0.29) is 11.6 Å². The molecular weight excluding hydrogens is 248 g/mol. The standard InChI is InChI=1S/C18H20O2/c1-3-11-5-7-13-15(9-11)18(20)16-10-12(4-2)6-8-14(16)17(13)19/h5-6H,3-4,7-10H2,1-2H3. The van der Waals surface area contributed by atoms with Crippen molar-refractivity contribution in [1.82, 2.24) is 0 Å². The monoisotopic (exact) mass is 268 g/mol. The number of carbonyl (C=O) groups excluding carboxylic acids is 2. The smallest absolute Gasteiger partial charge is 0.186 e. The van der Waals surface area contributed by atoms with Crippen LogP contribution in [0.4, 0.5) is 0 Å². The van der Waals surface area contributed by atoms with E-state index in [4.69, 9.17) is 0 Å². The lowest BCUT2D eigenvalue weighted by Gasteiger charge is -2.29. The molecule has 0 spiro atoms. The van der Waals surface area contributed by atoms with Crippen LogP contribution in [0.5, 0.6) is 0 Å². The molecule has 0 N–H and O–H groups in total. The molecule has 0 aromatic heterocycles. The second kappa shape index (κ2) is 5.01. The van der Waals surface area contributed by atoms with Crippen LogP contribution >= 0.6 is 0 Å². The van der Waals surface area contributed by atoms with E-state index in [1.807, 2.05) is 0 Å². The number of rotatable bonds is 2. The van der Waals surface area contributed by atoms with Gasteiger partial charge in [0.05, 0.1) is 0 Å². The van der Waals surface area contributed by atoms with Gasteiger partial charge in [0.1, 0.15) is 0 Å². The van der Waals surface area contributed by atoms with Crippen molar-refractivity contribution in [2.75, 3.05) is 0 Å². The first-order chi connectivity index (χ1) is 9.65. The van der Waals surface area contributed by atoms with Gasteiger partial charge in [-0.3, -0.25) is 9.59 Å². The highest BCUT2D eigenvalue weighted by atomic mass is 16.1. The van der Waals surface area contributed by atoms with Gasteiger partial charge in [0.2, 0.25) is 0 Å². The summed E-state index contributed by atoms with van der Waals surface area (Å²) in [6.45, 7) is 4.21. The van der Waals surface area contributed by atoms with Gasteiger partial charge < -0.3 is 0 Å². The Bertz CT molecular complexity index is 572. The van der Waals surface area contributed by atoms with Crippen LogP contribution in [0.25, 0.3) is 0 Å². The van der Waals surface area contributed by atoms with Gasteiger partial charge in [-0.15, -0.1) is 0 Å². The third-order valence-corrected chi connectivity index (χ3v) is 4.73. The molecule has 0 saturated carbocycles. The van der Waals surface area contributed by atoms with Gasteiger partial charge >= 0.3 is 0 Å². The Hall–Kier alpha value is -1.70. The molecular formula is C18H20O2. The van der Waals surface area contributed by atoms with Crippen LogP contribution in [-0.4, -0.2) is 11.6 Å². The number of ketones is 2. The van der Waals surface area contributed by atoms with Gasteiger partial charge in [-0.2, -0.15) is 0 Å². The van der Waals surface area contributed by atoms with Crippen LogP contribution in [0.2, 0.25) is 0 Å². The number of hydrogen-bond acceptors (Lipinski definition) is 2. The normalized spacial score (nSPS) is 22.5. The summed E-state index contributed by atoms with van der Waals surface area (Å²) in [6.07, 6.45) is 8.83. The minimum atomic E-state index is 0.132. The second-order valence-corrected chi connectivity index (χ2v) is 5.77. The zero-order chi connectivity index (χ0) is 14.3. The van der Waals surface area contributed by atoms with Crippen LogP contribution in [0.1, 0.15) is 52.4 Å². The van der Waals surface area contributed by atoms with E-state index in [1.165, 1.54) is 11.1 Å². The van der Waals surface area contributed by atoms with Crippen molar-refractivity contribution in [2.45, 2.75) is 52.4 Å². The predicted molar refractivity (Wildman–Crippen MR) is 79.3 cm³/mol. The molecule has 0 aromatic rings. The predicted octanol–water partition coefficient (Wildman–Crippen LogP) is 3.99. The average Bonchev–Trinajstić information content (AvgIpc) is 2.51. The van der Waals surface area contributed by atoms with Crippen LogP contribution in [0, 0.1) is 0 Å². The fourth-order valence-electron chi connectivity index (χ4n) is 3.35. The highest BCUT2D eigenvalue weighted by Crippen LogP contribution is 2.40. The minimum Gasteiger partial charge on any atom is -0.289 e. The molecule has 0 radical (unpaired) electrons. The summed E-state index contributed by atoms with van der Waals surface area (Å²) in [5, 5.41) is 0. The van der Waals surface area contributed by atoms with Crippen molar-refractivity contribution in [3.05, 3.63) is 45.6 Å². The maximum atomic E-state index is 12.7. The fourth-order valence-corrected chi connectivity index (χ4v) is 3.35. The Morgan fingerprint density at radius 1 is 0.750 bits per heavy atom. The zero-order valence-corrected chi connectivity index (χ0v) is 12.2. The van der Waals surface area contributed by atoms with Crippen LogP contribution in [0.15, 0.2) is 45.6 Å². The van der Waals surface area contributed by atoms with Crippen molar-refractivity contribution >= 4 is 11.6 Å². The Kier molecular flexibility index (Phi) is 3.33. The number of Topliss-reactive ketones (excluding diaryl/α,β-unsaturated/α-hetero) is 2. The lowest BCUT2D eigenvalue weighted by molar-refractivity contribution is -0.116. The largest absolute Gasteiger partial charge is 0.289 e. The molecule has 3 aliphatic rings. The van der Waals surface area contributed by atoms with Crippen molar-refractivity contribution in [2.24, 2.45) is 0 Å². The van der Waals surface area contributed by atoms with E-state index in [0.717, 1.165) is 35.1 Å². The summed E-state index contributed by atoms with van der Waals surface area (Å²) in [4.78, 5) is 25.3. The summed E-state index contributed by atoms with van der Waals surface area (Å²) in [6, 6.07) is 0. The van der Waals surface area contributed by atoms with Crippen LogP contribution in [-0.2, 0) is 9.59 Å². The molecule has 0 unspecified atom stereocenters. The molecule has 0 atom stereocenters. The number of hydrogen-bond donors (Lipinski definition) is 0. The first-order valence-electron chi connectivity index (χ1n) is 7.54. The molecule has 0 bridgehead atoms. The van der Waals surface area contributed by atoms with Gasteiger partial charge in [0.25, 0.3) is 0 Å². The third kappa shape index (κ3) is 1.94. The molecule has 0 aliphatic heterocycles. The first kappa shape index (κ1) is 13.3. The summed E-state index contributed by atoms with van der Waals surface area (Å²) >= 11 is 0. The van der Waals surface area contributed by atoms with Crippen molar-refractivity contribution in [3.63, 3.8) is 0 Å². The first-order valence-corrected chi connectivity index (χ1v) is 7.54. The zero-order valence-electron chi connectivity index (χ0n) is 12.2. The van der Waals surface area contributed by atoms with Gasteiger partial charge in [-0.25, -0.2) is 0 Å². The molecule has 104 valence electrons. The molecule has 20 heavy (non-hydrogen) atoms. The minimum absolute atomic E-state index is 0.132. The number of allylic oxidation sites excluding steroid dienone is 8. The van der Waals surface area contributed by atoms with Gasteiger partial charge in [0, 0.05) is 22.3 Å². The molecule has 0 amide bonds. The van der Waals surface area contributed by atoms with Crippen molar-refractivity contribution < 1.29 is 9.59 Å². The van der Waals surface area contributed by atoms with Gasteiger partial charge in [0.15, 0.2) is 11.6 Å². The number of carbonyl (C=O) groups is 2. The topological polar surface area (TPSA) is 34.1 Å². The van der Waals surface area contributed by atoms with E-state index < -0.39 is 0 Å². The Balaban J connectivity index is 1.95. The quantitative estimate of drug-likeness (QED) is 0.560. The van der Waals surface area contributed by atoms with Crippen LogP contribution in [0.3, 0.4) is 0 Å². The lowest BCUT2D eigenvalue weighted by Crippen LogP contribution is -2.27. The SMILES string of the molecule is CCC1=CCC2=C(C1)C(=O)C1=C(CC=C(CC)C1)C2=O. The maximum absolute atomic E-state index is 12.7. The average molecular weight is 268 g/mol. The summed E-state index contributed by atoms with van der Waals surface area (Å²) in [5.74, 6) is 0.278. The van der Waals surface area contributed by atoms with E-state index in [2.05, 4.69) is 26.0 Å². The Morgan fingerprint density at radius 2 is 1.15 bits per heavy atom. The highest BCUT2D eigenvalue weighted by molar-refractivity contribution is 6.26. The molecule has 0 saturated heterocycles. The lowest BCUT2D eigenvalue weighted by atomic mass is 9.73. The molecule has 0 fully saturated rings. The van der Waals surface area contributed by atoms with E-state index in [9.17, 15) is 9.59 Å². The fraction of sp³-hybridized carbons (Fsp3) is 0.444. The molecule has 2 heteroatoms. The van der Waals surface area contributed by atoms with Gasteiger partial charge in [-0.05, 0) is 38.5 Å². The molecule has 3 aliphatic carbocycles. The van der Waals surface area contributed by atoms with Crippen molar-refractivity contribution in [3.8, 4) is 0 Å². The van der Waals surface area contributed by atoms with Gasteiger partial charge in [-0.1, -0.05) is 37.1 Å². The Morgan fingerprint density at radius 3 is 1.55 bits per heavy atom. The van der Waals surface area contributed by atoms with E-state index >= 15 is 0 Å². The molecule has 0 aromatic carbocycles. The maximum Gasteiger partial charge on any atom is 0.186 e. The summed E-state index contributed by atoms with van der Waals surface area (Å²) in [7, 11) is 0. The second-order valence-electron chi connectivity index (χ2n) is 5.77. The molecule has 2 nitrogen and oxygen atoms in total. The van der Waals surface area contributed by atoms with Crippen LogP contribution < -0.4 is 0 Å². The molecule has 3 rings (SSSR count). The Labute approximate surface area is 119 Å².